The predicted octanol–water partition coefficient (Wildman–Crippen LogP) is -0.647. The Morgan fingerprint density at radius 1 is 1.33 bits per heavy atom. The Morgan fingerprint density at radius 2 is 1.92 bits per heavy atom. The zero-order valence-electron chi connectivity index (χ0n) is 7.19. The lowest BCUT2D eigenvalue weighted by atomic mass is 9.76. The molecule has 1 fully saturated rings. The number of hydrogen-bond donors (Lipinski definition) is 4. The fourth-order valence-corrected chi connectivity index (χ4v) is 1.72. The third-order valence-electron chi connectivity index (χ3n) is 2.80. The van der Waals surface area contributed by atoms with Crippen molar-refractivity contribution in [3.8, 4) is 0 Å². The van der Waals surface area contributed by atoms with E-state index in [-0.39, 0.29) is 6.42 Å². The van der Waals surface area contributed by atoms with Gasteiger partial charge >= 0.3 is 0 Å². The lowest BCUT2D eigenvalue weighted by Gasteiger charge is -2.45. The Labute approximate surface area is 71.5 Å². The number of aliphatic hydroxyl groups is 4. The van der Waals surface area contributed by atoms with E-state index >= 15 is 0 Å². The molecule has 4 N–H and O–H groups in total. The van der Waals surface area contributed by atoms with Crippen molar-refractivity contribution in [1.82, 2.24) is 0 Å². The smallest absolute Gasteiger partial charge is 0.219 e. The van der Waals surface area contributed by atoms with Crippen molar-refractivity contribution in [3.63, 3.8) is 0 Å². The van der Waals surface area contributed by atoms with Crippen LogP contribution in [0.5, 0.6) is 0 Å². The monoisotopic (exact) mass is 176 g/mol. The largest absolute Gasteiger partial charge is 0.387 e. The maximum absolute atomic E-state index is 9.72. The Kier molecular flexibility index (Phi) is 2.45. The Balaban J connectivity index is 2.86. The van der Waals surface area contributed by atoms with Crippen LogP contribution in [-0.4, -0.2) is 37.9 Å². The van der Waals surface area contributed by atoms with Crippen molar-refractivity contribution in [1.29, 1.82) is 0 Å². The molecule has 2 atom stereocenters. The predicted molar refractivity (Wildman–Crippen MR) is 42.3 cm³/mol. The van der Waals surface area contributed by atoms with Crippen molar-refractivity contribution in [2.24, 2.45) is 0 Å². The minimum atomic E-state index is -2.35. The molecule has 0 bridgehead atoms. The van der Waals surface area contributed by atoms with Gasteiger partial charge in [0.25, 0.3) is 0 Å². The molecule has 0 heterocycles. The van der Waals surface area contributed by atoms with Gasteiger partial charge < -0.3 is 20.4 Å². The SMILES string of the molecule is CCC1(O)CCCC(O)C1(O)O. The molecule has 0 aromatic heterocycles. The second kappa shape index (κ2) is 2.96. The van der Waals surface area contributed by atoms with Crippen LogP contribution in [0, 0.1) is 0 Å². The third kappa shape index (κ3) is 1.25. The molecule has 72 valence electrons. The van der Waals surface area contributed by atoms with E-state index in [1.807, 2.05) is 0 Å². The molecule has 1 aliphatic rings. The first-order chi connectivity index (χ1) is 5.44. The molecule has 0 spiro atoms. The first-order valence-corrected chi connectivity index (χ1v) is 4.29. The molecule has 0 aromatic rings. The van der Waals surface area contributed by atoms with E-state index in [0.29, 0.717) is 19.3 Å². The van der Waals surface area contributed by atoms with E-state index in [1.165, 1.54) is 0 Å². The summed E-state index contributed by atoms with van der Waals surface area (Å²) in [5.74, 6) is -2.35. The minimum Gasteiger partial charge on any atom is -0.387 e. The first kappa shape index (κ1) is 9.92. The Hall–Kier alpha value is -0.160. The van der Waals surface area contributed by atoms with Gasteiger partial charge in [-0.05, 0) is 25.7 Å². The van der Waals surface area contributed by atoms with Crippen LogP contribution in [0.25, 0.3) is 0 Å². The van der Waals surface area contributed by atoms with Crippen LogP contribution in [0.15, 0.2) is 0 Å². The number of aliphatic hydroxyl groups excluding tert-OH is 1. The van der Waals surface area contributed by atoms with Crippen LogP contribution in [0.2, 0.25) is 0 Å². The quantitative estimate of drug-likeness (QED) is 0.400. The van der Waals surface area contributed by atoms with Gasteiger partial charge in [-0.15, -0.1) is 0 Å². The highest BCUT2D eigenvalue weighted by molar-refractivity contribution is 4.99. The van der Waals surface area contributed by atoms with Crippen LogP contribution < -0.4 is 0 Å². The summed E-state index contributed by atoms with van der Waals surface area (Å²) in [5, 5.41) is 37.8. The van der Waals surface area contributed by atoms with Gasteiger partial charge in [0.05, 0.1) is 0 Å². The highest BCUT2D eigenvalue weighted by atomic mass is 16.5. The molecule has 1 aliphatic carbocycles. The molecular weight excluding hydrogens is 160 g/mol. The highest BCUT2D eigenvalue weighted by Gasteiger charge is 2.53. The average Bonchev–Trinajstić information content (AvgIpc) is 2.01. The summed E-state index contributed by atoms with van der Waals surface area (Å²) in [6, 6.07) is 0. The normalized spacial score (nSPS) is 41.2. The average molecular weight is 176 g/mol. The molecule has 4 nitrogen and oxygen atoms in total. The molecule has 0 radical (unpaired) electrons. The fourth-order valence-electron chi connectivity index (χ4n) is 1.72. The number of rotatable bonds is 1. The molecule has 0 amide bonds. The Morgan fingerprint density at radius 3 is 2.33 bits per heavy atom. The van der Waals surface area contributed by atoms with Crippen molar-refractivity contribution in [3.05, 3.63) is 0 Å². The van der Waals surface area contributed by atoms with Crippen LogP contribution >= 0.6 is 0 Å². The van der Waals surface area contributed by atoms with Gasteiger partial charge in [0.15, 0.2) is 0 Å². The third-order valence-corrected chi connectivity index (χ3v) is 2.80. The summed E-state index contributed by atoms with van der Waals surface area (Å²) < 4.78 is 0. The van der Waals surface area contributed by atoms with E-state index in [0.717, 1.165) is 0 Å². The van der Waals surface area contributed by atoms with Crippen LogP contribution in [0.1, 0.15) is 32.6 Å². The second-order valence-electron chi connectivity index (χ2n) is 3.52. The van der Waals surface area contributed by atoms with E-state index in [4.69, 9.17) is 0 Å². The summed E-state index contributed by atoms with van der Waals surface area (Å²) in [7, 11) is 0. The second-order valence-corrected chi connectivity index (χ2v) is 3.52. The highest BCUT2D eigenvalue weighted by Crippen LogP contribution is 2.37. The van der Waals surface area contributed by atoms with Crippen LogP contribution in [0.4, 0.5) is 0 Å². The minimum absolute atomic E-state index is 0.233. The van der Waals surface area contributed by atoms with Crippen molar-refractivity contribution >= 4 is 0 Å². The summed E-state index contributed by atoms with van der Waals surface area (Å²) >= 11 is 0. The maximum Gasteiger partial charge on any atom is 0.219 e. The summed E-state index contributed by atoms with van der Waals surface area (Å²) in [5.41, 5.74) is -1.55. The van der Waals surface area contributed by atoms with Gasteiger partial charge in [0.1, 0.15) is 11.7 Å². The lowest BCUT2D eigenvalue weighted by Crippen LogP contribution is -2.63. The van der Waals surface area contributed by atoms with E-state index in [9.17, 15) is 20.4 Å². The van der Waals surface area contributed by atoms with E-state index in [2.05, 4.69) is 0 Å². The maximum atomic E-state index is 9.72. The van der Waals surface area contributed by atoms with E-state index in [1.54, 1.807) is 6.92 Å². The van der Waals surface area contributed by atoms with Crippen molar-refractivity contribution < 1.29 is 20.4 Å². The van der Waals surface area contributed by atoms with Crippen molar-refractivity contribution in [2.45, 2.75) is 50.1 Å². The molecule has 0 aliphatic heterocycles. The van der Waals surface area contributed by atoms with Gasteiger partial charge in [-0.25, -0.2) is 0 Å². The summed E-state index contributed by atoms with van der Waals surface area (Å²) in [4.78, 5) is 0. The summed E-state index contributed by atoms with van der Waals surface area (Å²) in [6.45, 7) is 1.67. The van der Waals surface area contributed by atoms with Crippen molar-refractivity contribution in [2.75, 3.05) is 0 Å². The van der Waals surface area contributed by atoms with Gasteiger partial charge in [0, 0.05) is 0 Å². The molecule has 0 aromatic carbocycles. The van der Waals surface area contributed by atoms with Gasteiger partial charge in [-0.3, -0.25) is 0 Å². The zero-order valence-corrected chi connectivity index (χ0v) is 7.19. The van der Waals surface area contributed by atoms with Gasteiger partial charge in [-0.1, -0.05) is 6.92 Å². The Bertz CT molecular complexity index is 166. The molecule has 1 saturated carbocycles. The number of hydrogen-bond acceptors (Lipinski definition) is 4. The lowest BCUT2D eigenvalue weighted by molar-refractivity contribution is -0.331. The van der Waals surface area contributed by atoms with Gasteiger partial charge in [0.2, 0.25) is 5.79 Å². The molecule has 4 heteroatoms. The first-order valence-electron chi connectivity index (χ1n) is 4.29. The standard InChI is InChI=1S/C8H16O4/c1-2-7(10)5-3-4-6(9)8(7,11)12/h6,9-12H,2-5H2,1H3. The molecule has 12 heavy (non-hydrogen) atoms. The van der Waals surface area contributed by atoms with Crippen LogP contribution in [-0.2, 0) is 0 Å². The molecule has 0 saturated heterocycles. The molecule has 2 unspecified atom stereocenters. The zero-order chi connectivity index (χ0) is 9.41. The fraction of sp³-hybridized carbons (Fsp3) is 1.00. The topological polar surface area (TPSA) is 80.9 Å². The molecular formula is C8H16O4. The summed E-state index contributed by atoms with van der Waals surface area (Å²) in [6.07, 6.45) is 0.269. The molecule has 1 rings (SSSR count). The van der Waals surface area contributed by atoms with Gasteiger partial charge in [-0.2, -0.15) is 0 Å². The van der Waals surface area contributed by atoms with Crippen LogP contribution in [0.3, 0.4) is 0 Å². The van der Waals surface area contributed by atoms with E-state index < -0.39 is 17.5 Å².